The van der Waals surface area contributed by atoms with Crippen LogP contribution in [0, 0.1) is 0 Å². The van der Waals surface area contributed by atoms with E-state index in [1.807, 2.05) is 0 Å². The van der Waals surface area contributed by atoms with Crippen molar-refractivity contribution >= 4 is 17.9 Å². The lowest BCUT2D eigenvalue weighted by Gasteiger charge is -2.18. The summed E-state index contributed by atoms with van der Waals surface area (Å²) in [5.74, 6) is -0.927. The van der Waals surface area contributed by atoms with Gasteiger partial charge < -0.3 is 14.2 Å². The molecular weight excluding hydrogens is 949 g/mol. The van der Waals surface area contributed by atoms with Crippen LogP contribution in [0.3, 0.4) is 0 Å². The number of hydrogen-bond acceptors (Lipinski definition) is 6. The Morgan fingerprint density at radius 2 is 0.506 bits per heavy atom. The number of allylic oxidation sites excluding steroid dienone is 20. The van der Waals surface area contributed by atoms with Crippen molar-refractivity contribution in [1.82, 2.24) is 0 Å². The smallest absolute Gasteiger partial charge is 0.306 e. The number of unbranched alkanes of at least 4 members (excludes halogenated alkanes) is 26. The Morgan fingerprint density at radius 1 is 0.273 bits per heavy atom. The van der Waals surface area contributed by atoms with Crippen LogP contribution >= 0.6 is 0 Å². The molecule has 0 radical (unpaired) electrons. The summed E-state index contributed by atoms with van der Waals surface area (Å²) in [5, 5.41) is 0. The van der Waals surface area contributed by atoms with Gasteiger partial charge in [-0.05, 0) is 135 Å². The Hall–Kier alpha value is -4.19. The minimum absolute atomic E-state index is 0.0951. The Morgan fingerprint density at radius 3 is 0.831 bits per heavy atom. The first kappa shape index (κ1) is 72.8. The predicted octanol–water partition coefficient (Wildman–Crippen LogP) is 22.0. The first-order valence-corrected chi connectivity index (χ1v) is 32.0. The quantitative estimate of drug-likeness (QED) is 0.0261. The summed E-state index contributed by atoms with van der Waals surface area (Å²) < 4.78 is 16.9. The van der Waals surface area contributed by atoms with Crippen LogP contribution < -0.4 is 0 Å². The maximum Gasteiger partial charge on any atom is 0.306 e. The van der Waals surface area contributed by atoms with Gasteiger partial charge in [0.15, 0.2) is 6.10 Å². The third kappa shape index (κ3) is 62.5. The normalized spacial score (nSPS) is 12.9. The highest BCUT2D eigenvalue weighted by molar-refractivity contribution is 5.71. The number of rotatable bonds is 57. The molecule has 0 N–H and O–H groups in total. The number of carbonyl (C=O) groups is 3. The SMILES string of the molecule is CC/C=C\C/C=C\C/C=C\C/C=C\C/C=C\C/C=C\C/C=C\CCCCCCCC(=O)OCC(COC(=O)CCCCCCC/C=C\C/C=C\CCCCC)OC(=O)CCCCCCCCC/C=C\CCCCCCCC. The van der Waals surface area contributed by atoms with Crippen molar-refractivity contribution in [3.63, 3.8) is 0 Å². The van der Waals surface area contributed by atoms with Crippen LogP contribution in [0.25, 0.3) is 0 Å². The zero-order valence-electron chi connectivity index (χ0n) is 50.2. The molecule has 0 bridgehead atoms. The third-order valence-corrected chi connectivity index (χ3v) is 13.4. The van der Waals surface area contributed by atoms with Crippen LogP contribution in [0.2, 0.25) is 0 Å². The molecule has 0 saturated carbocycles. The van der Waals surface area contributed by atoms with Gasteiger partial charge in [0.2, 0.25) is 0 Å². The number of ether oxygens (including phenoxy) is 3. The molecule has 438 valence electrons. The summed E-state index contributed by atoms with van der Waals surface area (Å²) >= 11 is 0. The van der Waals surface area contributed by atoms with Gasteiger partial charge in [-0.2, -0.15) is 0 Å². The summed E-state index contributed by atoms with van der Waals surface area (Å²) in [7, 11) is 0. The molecule has 6 heteroatoms. The molecule has 6 nitrogen and oxygen atoms in total. The molecule has 0 amide bonds. The summed E-state index contributed by atoms with van der Waals surface area (Å²) in [6.45, 7) is 6.48. The highest BCUT2D eigenvalue weighted by Crippen LogP contribution is 2.15. The van der Waals surface area contributed by atoms with E-state index in [4.69, 9.17) is 14.2 Å². The van der Waals surface area contributed by atoms with E-state index in [2.05, 4.69) is 142 Å². The van der Waals surface area contributed by atoms with E-state index in [0.29, 0.717) is 19.3 Å². The summed E-state index contributed by atoms with van der Waals surface area (Å²) in [5.41, 5.74) is 0. The highest BCUT2D eigenvalue weighted by atomic mass is 16.6. The molecule has 0 aromatic heterocycles. The molecule has 77 heavy (non-hydrogen) atoms. The van der Waals surface area contributed by atoms with E-state index in [-0.39, 0.29) is 31.1 Å². The molecule has 0 aliphatic heterocycles. The molecule has 0 aliphatic rings. The highest BCUT2D eigenvalue weighted by Gasteiger charge is 2.19. The molecule has 0 fully saturated rings. The van der Waals surface area contributed by atoms with Crippen molar-refractivity contribution in [3.05, 3.63) is 122 Å². The lowest BCUT2D eigenvalue weighted by Crippen LogP contribution is -2.30. The lowest BCUT2D eigenvalue weighted by atomic mass is 10.1. The first-order chi connectivity index (χ1) is 38.0. The number of esters is 3. The van der Waals surface area contributed by atoms with E-state index in [1.54, 1.807) is 0 Å². The third-order valence-electron chi connectivity index (χ3n) is 13.4. The van der Waals surface area contributed by atoms with Crippen molar-refractivity contribution in [2.24, 2.45) is 0 Å². The molecule has 0 heterocycles. The fourth-order valence-electron chi connectivity index (χ4n) is 8.62. The minimum atomic E-state index is -0.799. The summed E-state index contributed by atoms with van der Waals surface area (Å²) in [6, 6.07) is 0. The fourth-order valence-corrected chi connectivity index (χ4v) is 8.62. The fraction of sp³-hybridized carbons (Fsp3) is 0.676. The maximum atomic E-state index is 12.9. The van der Waals surface area contributed by atoms with Gasteiger partial charge in [0, 0.05) is 19.3 Å². The Labute approximate surface area is 475 Å². The molecular formula is C71H118O6. The molecule has 0 aliphatic carbocycles. The topological polar surface area (TPSA) is 78.9 Å². The molecule has 0 rings (SSSR count). The van der Waals surface area contributed by atoms with Crippen molar-refractivity contribution < 1.29 is 28.6 Å². The molecule has 0 saturated heterocycles. The maximum absolute atomic E-state index is 12.9. The second-order valence-electron chi connectivity index (χ2n) is 20.9. The largest absolute Gasteiger partial charge is 0.462 e. The van der Waals surface area contributed by atoms with E-state index >= 15 is 0 Å². The van der Waals surface area contributed by atoms with Gasteiger partial charge >= 0.3 is 17.9 Å². The van der Waals surface area contributed by atoms with Crippen LogP contribution in [-0.4, -0.2) is 37.2 Å². The van der Waals surface area contributed by atoms with E-state index in [0.717, 1.165) is 148 Å². The molecule has 0 aromatic rings. The van der Waals surface area contributed by atoms with Crippen LogP contribution in [0.15, 0.2) is 122 Å². The molecule has 0 aromatic carbocycles. The summed E-state index contributed by atoms with van der Waals surface area (Å²) in [4.78, 5) is 38.3. The van der Waals surface area contributed by atoms with Gasteiger partial charge in [0.1, 0.15) is 13.2 Å². The number of hydrogen-bond donors (Lipinski definition) is 0. The van der Waals surface area contributed by atoms with Crippen LogP contribution in [0.1, 0.15) is 290 Å². The van der Waals surface area contributed by atoms with Gasteiger partial charge in [0.05, 0.1) is 0 Å². The van der Waals surface area contributed by atoms with Crippen molar-refractivity contribution in [3.8, 4) is 0 Å². The van der Waals surface area contributed by atoms with Crippen LogP contribution in [-0.2, 0) is 28.6 Å². The zero-order valence-corrected chi connectivity index (χ0v) is 50.2. The van der Waals surface area contributed by atoms with Crippen LogP contribution in [0.5, 0.6) is 0 Å². The minimum Gasteiger partial charge on any atom is -0.462 e. The Balaban J connectivity index is 4.42. The Kier molecular flexibility index (Phi) is 60.8. The summed E-state index contributed by atoms with van der Waals surface area (Å²) in [6.07, 6.45) is 89.1. The molecule has 0 spiro atoms. The van der Waals surface area contributed by atoms with E-state index < -0.39 is 6.10 Å². The van der Waals surface area contributed by atoms with Crippen molar-refractivity contribution in [1.29, 1.82) is 0 Å². The molecule has 1 unspecified atom stereocenters. The average Bonchev–Trinajstić information content (AvgIpc) is 3.43. The first-order valence-electron chi connectivity index (χ1n) is 32.0. The van der Waals surface area contributed by atoms with Crippen molar-refractivity contribution in [2.75, 3.05) is 13.2 Å². The number of carbonyl (C=O) groups excluding carboxylic acids is 3. The standard InChI is InChI=1S/C71H118O6/c1-4-7-10-13-16-19-22-25-28-30-31-32-33-34-35-36-37-38-39-41-43-46-49-52-55-58-61-64-70(73)76-67-68(66-75-69(72)63-60-57-54-51-48-45-42-27-24-21-18-15-12-9-6-3)77-71(74)65-62-59-56-53-50-47-44-40-29-26-23-20-17-14-11-8-5-2/h7,10,16,18-19,21,25-29,31-32,34-35,37-38,41-43,68H,4-6,8-9,11-15,17,20,22-24,30,33,36,39-40,44-67H2,1-3H3/b10-7-,19-16-,21-18-,28-25-,29-26-,32-31-,35-34-,38-37-,42-27-,43-41-. The van der Waals surface area contributed by atoms with Gasteiger partial charge in [-0.25, -0.2) is 0 Å². The van der Waals surface area contributed by atoms with Gasteiger partial charge in [-0.3, -0.25) is 14.4 Å². The average molecular weight is 1070 g/mol. The second kappa shape index (κ2) is 64.3. The predicted molar refractivity (Wildman–Crippen MR) is 334 cm³/mol. The van der Waals surface area contributed by atoms with E-state index in [9.17, 15) is 14.4 Å². The monoisotopic (exact) mass is 1070 g/mol. The van der Waals surface area contributed by atoms with E-state index in [1.165, 1.54) is 103 Å². The lowest BCUT2D eigenvalue weighted by molar-refractivity contribution is -0.167. The van der Waals surface area contributed by atoms with Gasteiger partial charge in [-0.15, -0.1) is 0 Å². The zero-order chi connectivity index (χ0) is 55.7. The second-order valence-corrected chi connectivity index (χ2v) is 20.9. The van der Waals surface area contributed by atoms with Gasteiger partial charge in [-0.1, -0.05) is 258 Å². The van der Waals surface area contributed by atoms with Gasteiger partial charge in [0.25, 0.3) is 0 Å². The molecule has 1 atom stereocenters. The van der Waals surface area contributed by atoms with Crippen molar-refractivity contribution in [2.45, 2.75) is 297 Å². The van der Waals surface area contributed by atoms with Crippen LogP contribution in [0.4, 0.5) is 0 Å². The Bertz CT molecular complexity index is 1600.